The van der Waals surface area contributed by atoms with E-state index in [1.807, 2.05) is 0 Å². The molecule has 0 radical (unpaired) electrons. The molecule has 0 atom stereocenters. The molecule has 0 saturated carbocycles. The summed E-state index contributed by atoms with van der Waals surface area (Å²) in [4.78, 5) is 30.9. The third kappa shape index (κ3) is 2.56. The van der Waals surface area contributed by atoms with Crippen LogP contribution >= 0.6 is 22.9 Å². The average Bonchev–Trinajstić information content (AvgIpc) is 2.85. The second kappa shape index (κ2) is 5.43. The Kier molecular flexibility index (Phi) is 3.59. The average molecular weight is 336 g/mol. The Bertz CT molecular complexity index is 948. The summed E-state index contributed by atoms with van der Waals surface area (Å²) in [5.74, 6) is -1.14. The first kappa shape index (κ1) is 14.6. The lowest BCUT2D eigenvalue weighted by Crippen LogP contribution is -2.23. The van der Waals surface area contributed by atoms with Crippen LogP contribution in [-0.4, -0.2) is 21.0 Å². The minimum Gasteiger partial charge on any atom is -0.506 e. The number of aromatic amines is 1. The van der Waals surface area contributed by atoms with Crippen molar-refractivity contribution in [2.45, 2.75) is 6.92 Å². The minimum atomic E-state index is -0.727. The fourth-order valence-electron chi connectivity index (χ4n) is 2.03. The van der Waals surface area contributed by atoms with Gasteiger partial charge in [-0.2, -0.15) is 0 Å². The first-order valence-corrected chi connectivity index (χ1v) is 7.49. The van der Waals surface area contributed by atoms with Crippen molar-refractivity contribution in [3.8, 4) is 5.75 Å². The van der Waals surface area contributed by atoms with E-state index >= 15 is 0 Å². The van der Waals surface area contributed by atoms with Gasteiger partial charge in [-0.1, -0.05) is 11.6 Å². The first-order valence-electron chi connectivity index (χ1n) is 6.23. The van der Waals surface area contributed by atoms with Gasteiger partial charge in [0.1, 0.15) is 11.3 Å². The number of carbonyl (C=O) groups is 1. The third-order valence-electron chi connectivity index (χ3n) is 3.02. The molecule has 0 aliphatic heterocycles. The zero-order valence-electron chi connectivity index (χ0n) is 11.3. The molecule has 0 saturated heterocycles. The number of halogens is 1. The minimum absolute atomic E-state index is 0.299. The van der Waals surface area contributed by atoms with Crippen molar-refractivity contribution in [3.63, 3.8) is 0 Å². The molecule has 0 aliphatic carbocycles. The third-order valence-corrected chi connectivity index (χ3v) is 4.13. The molecule has 0 unspecified atom stereocenters. The molecule has 1 amide bonds. The molecule has 3 N–H and O–H groups in total. The Morgan fingerprint density at radius 3 is 2.91 bits per heavy atom. The number of nitrogens with one attached hydrogen (secondary N) is 2. The van der Waals surface area contributed by atoms with Gasteiger partial charge in [0.05, 0.1) is 11.2 Å². The molecule has 112 valence electrons. The number of aryl methyl sites for hydroxylation is 1. The van der Waals surface area contributed by atoms with Gasteiger partial charge in [0.15, 0.2) is 5.13 Å². The highest BCUT2D eigenvalue weighted by Gasteiger charge is 2.20. The summed E-state index contributed by atoms with van der Waals surface area (Å²) in [6.07, 6.45) is 0. The van der Waals surface area contributed by atoms with E-state index in [0.717, 1.165) is 5.69 Å². The van der Waals surface area contributed by atoms with Crippen LogP contribution in [0.15, 0.2) is 28.4 Å². The number of fused-ring (bicyclic) bond motifs is 1. The monoisotopic (exact) mass is 335 g/mol. The predicted molar refractivity (Wildman–Crippen MR) is 86.0 cm³/mol. The summed E-state index contributed by atoms with van der Waals surface area (Å²) >= 11 is 7.12. The molecule has 0 aliphatic rings. The number of nitrogens with zero attached hydrogens (tertiary/aromatic N) is 1. The highest BCUT2D eigenvalue weighted by molar-refractivity contribution is 7.13. The van der Waals surface area contributed by atoms with Gasteiger partial charge < -0.3 is 10.1 Å². The fraction of sp³-hybridized carbons (Fsp3) is 0.0714. The Hall–Kier alpha value is -2.38. The van der Waals surface area contributed by atoms with Crippen LogP contribution in [0.4, 0.5) is 5.13 Å². The maximum atomic E-state index is 12.2. The van der Waals surface area contributed by atoms with E-state index in [0.29, 0.717) is 21.1 Å². The number of pyridine rings is 1. The largest absolute Gasteiger partial charge is 0.506 e. The van der Waals surface area contributed by atoms with Crippen LogP contribution in [-0.2, 0) is 0 Å². The van der Waals surface area contributed by atoms with Gasteiger partial charge in [0.25, 0.3) is 11.5 Å². The summed E-state index contributed by atoms with van der Waals surface area (Å²) in [5, 5.41) is 15.5. The van der Waals surface area contributed by atoms with Crippen LogP contribution in [0.2, 0.25) is 5.02 Å². The van der Waals surface area contributed by atoms with Gasteiger partial charge in [-0.3, -0.25) is 14.9 Å². The second-order valence-electron chi connectivity index (χ2n) is 4.62. The van der Waals surface area contributed by atoms with E-state index in [1.165, 1.54) is 17.4 Å². The summed E-state index contributed by atoms with van der Waals surface area (Å²) in [7, 11) is 0. The molecular weight excluding hydrogens is 326 g/mol. The van der Waals surface area contributed by atoms with Crippen LogP contribution < -0.4 is 10.9 Å². The van der Waals surface area contributed by atoms with Crippen molar-refractivity contribution in [1.29, 1.82) is 0 Å². The summed E-state index contributed by atoms with van der Waals surface area (Å²) in [6.45, 7) is 1.79. The van der Waals surface area contributed by atoms with Gasteiger partial charge >= 0.3 is 0 Å². The first-order chi connectivity index (χ1) is 10.5. The molecule has 0 spiro atoms. The number of rotatable bonds is 2. The highest BCUT2D eigenvalue weighted by Crippen LogP contribution is 2.28. The van der Waals surface area contributed by atoms with E-state index in [1.54, 1.807) is 24.4 Å². The Morgan fingerprint density at radius 1 is 1.45 bits per heavy atom. The number of benzene rings is 1. The molecule has 0 fully saturated rings. The Balaban J connectivity index is 2.09. The van der Waals surface area contributed by atoms with Crippen LogP contribution in [0, 0.1) is 6.92 Å². The van der Waals surface area contributed by atoms with Crippen molar-refractivity contribution in [2.24, 2.45) is 0 Å². The van der Waals surface area contributed by atoms with Crippen LogP contribution in [0.3, 0.4) is 0 Å². The highest BCUT2D eigenvalue weighted by atomic mass is 35.5. The van der Waals surface area contributed by atoms with Crippen molar-refractivity contribution in [3.05, 3.63) is 50.2 Å². The van der Waals surface area contributed by atoms with E-state index in [4.69, 9.17) is 11.6 Å². The molecule has 22 heavy (non-hydrogen) atoms. The fourth-order valence-corrected chi connectivity index (χ4v) is 2.89. The van der Waals surface area contributed by atoms with E-state index in [-0.39, 0.29) is 5.56 Å². The van der Waals surface area contributed by atoms with Gasteiger partial charge in [-0.05, 0) is 25.1 Å². The van der Waals surface area contributed by atoms with Crippen molar-refractivity contribution >= 4 is 44.9 Å². The normalized spacial score (nSPS) is 10.8. The van der Waals surface area contributed by atoms with Crippen LogP contribution in [0.5, 0.6) is 5.75 Å². The SMILES string of the molecule is Cc1csc(NC(=O)c2c(O)c3cc(Cl)ccc3[nH]c2=O)n1. The predicted octanol–water partition coefficient (Wildman–Crippen LogP) is 2.90. The molecule has 1 aromatic carbocycles. The topological polar surface area (TPSA) is 95.1 Å². The maximum absolute atomic E-state index is 12.2. The Labute approximate surface area is 133 Å². The molecule has 0 bridgehead atoms. The standard InChI is InChI=1S/C14H10ClN3O3S/c1-6-5-22-14(16-6)18-13(21)10-11(19)8-4-7(15)2-3-9(8)17-12(10)20/h2-5H,1H3,(H,16,18,21)(H2,17,19,20). The number of thiazole rings is 1. The lowest BCUT2D eigenvalue weighted by Gasteiger charge is -2.07. The van der Waals surface area contributed by atoms with Crippen molar-refractivity contribution in [1.82, 2.24) is 9.97 Å². The number of hydrogen-bond acceptors (Lipinski definition) is 5. The zero-order valence-corrected chi connectivity index (χ0v) is 12.9. The molecule has 3 aromatic rings. The number of amides is 1. The molecular formula is C14H10ClN3O3S. The van der Waals surface area contributed by atoms with Crippen LogP contribution in [0.1, 0.15) is 16.1 Å². The molecule has 2 aromatic heterocycles. The number of H-pyrrole nitrogens is 1. The lowest BCUT2D eigenvalue weighted by atomic mass is 10.1. The number of hydrogen-bond donors (Lipinski definition) is 3. The van der Waals surface area contributed by atoms with Gasteiger partial charge in [0.2, 0.25) is 0 Å². The van der Waals surface area contributed by atoms with E-state index < -0.39 is 17.2 Å². The van der Waals surface area contributed by atoms with Gasteiger partial charge in [0, 0.05) is 15.8 Å². The van der Waals surface area contributed by atoms with Crippen LogP contribution in [0.25, 0.3) is 10.9 Å². The molecule has 2 heterocycles. The number of anilines is 1. The smallest absolute Gasteiger partial charge is 0.266 e. The summed E-state index contributed by atoms with van der Waals surface area (Å²) < 4.78 is 0. The number of carbonyl (C=O) groups excluding carboxylic acids is 1. The van der Waals surface area contributed by atoms with Gasteiger partial charge in [-0.25, -0.2) is 4.98 Å². The molecule has 6 nitrogen and oxygen atoms in total. The summed E-state index contributed by atoms with van der Waals surface area (Å²) in [5.41, 5.74) is 0.0954. The van der Waals surface area contributed by atoms with Crippen molar-refractivity contribution in [2.75, 3.05) is 5.32 Å². The van der Waals surface area contributed by atoms with Crippen molar-refractivity contribution < 1.29 is 9.90 Å². The quantitative estimate of drug-likeness (QED) is 0.671. The van der Waals surface area contributed by atoms with Gasteiger partial charge in [-0.15, -0.1) is 11.3 Å². The zero-order chi connectivity index (χ0) is 15.9. The maximum Gasteiger partial charge on any atom is 0.266 e. The number of aromatic nitrogens is 2. The lowest BCUT2D eigenvalue weighted by molar-refractivity contribution is 0.102. The number of aromatic hydroxyl groups is 1. The Morgan fingerprint density at radius 2 is 2.23 bits per heavy atom. The molecule has 3 rings (SSSR count). The summed E-state index contributed by atoms with van der Waals surface area (Å²) in [6, 6.07) is 4.62. The second-order valence-corrected chi connectivity index (χ2v) is 5.91. The van der Waals surface area contributed by atoms with E-state index in [9.17, 15) is 14.7 Å². The molecule has 8 heteroatoms. The van der Waals surface area contributed by atoms with E-state index in [2.05, 4.69) is 15.3 Å².